The summed E-state index contributed by atoms with van der Waals surface area (Å²) < 4.78 is 13.4. The second-order valence-corrected chi connectivity index (χ2v) is 4.69. The number of benzene rings is 1. The van der Waals surface area contributed by atoms with Gasteiger partial charge in [-0.25, -0.2) is 4.39 Å². The van der Waals surface area contributed by atoms with Crippen LogP contribution in [0, 0.1) is 11.7 Å². The van der Waals surface area contributed by atoms with Crippen LogP contribution in [-0.2, 0) is 0 Å². The molecule has 1 aromatic rings. The van der Waals surface area contributed by atoms with Gasteiger partial charge in [0.2, 0.25) is 0 Å². The summed E-state index contributed by atoms with van der Waals surface area (Å²) in [5, 5.41) is 0. The molecule has 15 heavy (non-hydrogen) atoms. The zero-order valence-electron chi connectivity index (χ0n) is 9.00. The van der Waals surface area contributed by atoms with E-state index in [0.29, 0.717) is 22.7 Å². The quantitative estimate of drug-likeness (QED) is 0.561. The zero-order valence-corrected chi connectivity index (χ0v) is 9.81. The molecule has 0 saturated carbocycles. The van der Waals surface area contributed by atoms with Crippen LogP contribution in [-0.4, -0.2) is 12.0 Å². The fourth-order valence-corrected chi connectivity index (χ4v) is 2.12. The Kier molecular flexibility index (Phi) is 4.82. The van der Waals surface area contributed by atoms with Gasteiger partial charge in [0.25, 0.3) is 0 Å². The maximum absolute atomic E-state index is 13.4. The first-order chi connectivity index (χ1) is 7.17. The van der Waals surface area contributed by atoms with Gasteiger partial charge in [0.05, 0.1) is 0 Å². The maximum atomic E-state index is 13.4. The van der Waals surface area contributed by atoms with Gasteiger partial charge < -0.3 is 0 Å². The third kappa shape index (κ3) is 3.67. The average molecular weight is 226 g/mol. The van der Waals surface area contributed by atoms with Crippen molar-refractivity contribution in [1.82, 2.24) is 0 Å². The molecule has 0 saturated heterocycles. The van der Waals surface area contributed by atoms with Crippen LogP contribution in [0.25, 0.3) is 0 Å². The molecule has 0 aliphatic carbocycles. The van der Waals surface area contributed by atoms with Crippen LogP contribution < -0.4 is 0 Å². The lowest BCUT2D eigenvalue weighted by Crippen LogP contribution is -1.96. The van der Waals surface area contributed by atoms with Crippen LogP contribution in [0.15, 0.2) is 23.1 Å². The summed E-state index contributed by atoms with van der Waals surface area (Å²) in [6.07, 6.45) is 1.76. The molecule has 0 fully saturated rings. The van der Waals surface area contributed by atoms with Gasteiger partial charge in [0.15, 0.2) is 0 Å². The molecule has 3 heteroatoms. The van der Waals surface area contributed by atoms with E-state index in [4.69, 9.17) is 0 Å². The van der Waals surface area contributed by atoms with Crippen molar-refractivity contribution in [1.29, 1.82) is 0 Å². The van der Waals surface area contributed by atoms with Crippen molar-refractivity contribution in [3.8, 4) is 0 Å². The highest BCUT2D eigenvalue weighted by atomic mass is 32.2. The number of hydrogen-bond acceptors (Lipinski definition) is 2. The third-order valence-corrected chi connectivity index (χ3v) is 3.69. The minimum atomic E-state index is -0.298. The van der Waals surface area contributed by atoms with E-state index in [2.05, 4.69) is 13.8 Å². The van der Waals surface area contributed by atoms with E-state index in [-0.39, 0.29) is 5.82 Å². The lowest BCUT2D eigenvalue weighted by Gasteiger charge is -2.08. The molecule has 0 aliphatic heterocycles. The Hall–Kier alpha value is -0.830. The molecular formula is C12H15FOS. The molecule has 0 amide bonds. The molecule has 1 nitrogen and oxygen atoms in total. The first kappa shape index (κ1) is 12.2. The number of halogens is 1. The van der Waals surface area contributed by atoms with Gasteiger partial charge in [-0.1, -0.05) is 26.3 Å². The normalized spacial score (nSPS) is 12.5. The molecule has 0 spiro atoms. The van der Waals surface area contributed by atoms with Gasteiger partial charge in [0.1, 0.15) is 12.1 Å². The van der Waals surface area contributed by atoms with Gasteiger partial charge in [-0.15, -0.1) is 11.8 Å². The molecule has 0 aromatic heterocycles. The fourth-order valence-electron chi connectivity index (χ4n) is 1.06. The predicted molar refractivity (Wildman–Crippen MR) is 62.0 cm³/mol. The monoisotopic (exact) mass is 226 g/mol. The highest BCUT2D eigenvalue weighted by Crippen LogP contribution is 2.25. The molecule has 1 unspecified atom stereocenters. The lowest BCUT2D eigenvalue weighted by molar-refractivity contribution is 0.112. The Balaban J connectivity index is 2.65. The van der Waals surface area contributed by atoms with Gasteiger partial charge in [-0.2, -0.15) is 0 Å². The van der Waals surface area contributed by atoms with Gasteiger partial charge >= 0.3 is 0 Å². The van der Waals surface area contributed by atoms with Gasteiger partial charge in [-0.3, -0.25) is 4.79 Å². The van der Waals surface area contributed by atoms with Crippen molar-refractivity contribution < 1.29 is 9.18 Å². The van der Waals surface area contributed by atoms with E-state index in [1.165, 1.54) is 17.8 Å². The SMILES string of the molecule is CCC(C)CSc1ccc(C=O)cc1F. The number of aldehydes is 1. The summed E-state index contributed by atoms with van der Waals surface area (Å²) >= 11 is 1.51. The zero-order chi connectivity index (χ0) is 11.3. The van der Waals surface area contributed by atoms with E-state index >= 15 is 0 Å². The molecule has 0 heterocycles. The van der Waals surface area contributed by atoms with Crippen molar-refractivity contribution in [3.05, 3.63) is 29.6 Å². The summed E-state index contributed by atoms with van der Waals surface area (Å²) in [6.45, 7) is 4.27. The molecule has 1 aromatic carbocycles. The number of carbonyl (C=O) groups excluding carboxylic acids is 1. The number of rotatable bonds is 5. The molecule has 1 atom stereocenters. The van der Waals surface area contributed by atoms with Crippen LogP contribution in [0.4, 0.5) is 4.39 Å². The lowest BCUT2D eigenvalue weighted by atomic mass is 10.2. The Morgan fingerprint density at radius 3 is 2.80 bits per heavy atom. The van der Waals surface area contributed by atoms with E-state index < -0.39 is 0 Å². The summed E-state index contributed by atoms with van der Waals surface area (Å²) in [6, 6.07) is 4.60. The van der Waals surface area contributed by atoms with Crippen LogP contribution >= 0.6 is 11.8 Å². The first-order valence-electron chi connectivity index (χ1n) is 5.05. The molecule has 0 radical (unpaired) electrons. The molecule has 0 N–H and O–H groups in total. The standard InChI is InChI=1S/C12H15FOS/c1-3-9(2)8-15-12-5-4-10(7-14)6-11(12)13/h4-7,9H,3,8H2,1-2H3. The largest absolute Gasteiger partial charge is 0.298 e. The summed E-state index contributed by atoms with van der Waals surface area (Å²) in [5.41, 5.74) is 0.389. The fraction of sp³-hybridized carbons (Fsp3) is 0.417. The second-order valence-electron chi connectivity index (χ2n) is 3.63. The Morgan fingerprint density at radius 2 is 2.27 bits per heavy atom. The number of thioether (sulfide) groups is 1. The van der Waals surface area contributed by atoms with Crippen LogP contribution in [0.2, 0.25) is 0 Å². The minimum Gasteiger partial charge on any atom is -0.298 e. The molecular weight excluding hydrogens is 211 g/mol. The van der Waals surface area contributed by atoms with E-state index in [1.54, 1.807) is 12.1 Å². The highest BCUT2D eigenvalue weighted by molar-refractivity contribution is 7.99. The molecule has 1 rings (SSSR count). The van der Waals surface area contributed by atoms with E-state index in [9.17, 15) is 9.18 Å². The van der Waals surface area contributed by atoms with Crippen molar-refractivity contribution in [3.63, 3.8) is 0 Å². The molecule has 82 valence electrons. The van der Waals surface area contributed by atoms with Crippen molar-refractivity contribution in [2.45, 2.75) is 25.2 Å². The maximum Gasteiger partial charge on any atom is 0.150 e. The molecule has 0 aliphatic rings. The van der Waals surface area contributed by atoms with Crippen molar-refractivity contribution in [2.75, 3.05) is 5.75 Å². The van der Waals surface area contributed by atoms with E-state index in [0.717, 1.165) is 12.2 Å². The highest BCUT2D eigenvalue weighted by Gasteiger charge is 2.06. The van der Waals surface area contributed by atoms with Crippen molar-refractivity contribution >= 4 is 18.0 Å². The minimum absolute atomic E-state index is 0.298. The summed E-state index contributed by atoms with van der Waals surface area (Å²) in [4.78, 5) is 11.0. The number of carbonyl (C=O) groups is 1. The third-order valence-electron chi connectivity index (χ3n) is 2.31. The number of hydrogen-bond donors (Lipinski definition) is 0. The summed E-state index contributed by atoms with van der Waals surface area (Å²) in [7, 11) is 0. The topological polar surface area (TPSA) is 17.1 Å². The Morgan fingerprint density at radius 1 is 1.53 bits per heavy atom. The van der Waals surface area contributed by atoms with Crippen LogP contribution in [0.5, 0.6) is 0 Å². The van der Waals surface area contributed by atoms with E-state index in [1.807, 2.05) is 0 Å². The Labute approximate surface area is 94.1 Å². The second kappa shape index (κ2) is 5.91. The van der Waals surface area contributed by atoms with Crippen LogP contribution in [0.3, 0.4) is 0 Å². The first-order valence-corrected chi connectivity index (χ1v) is 6.03. The molecule has 0 bridgehead atoms. The summed E-state index contributed by atoms with van der Waals surface area (Å²) in [5.74, 6) is 1.20. The van der Waals surface area contributed by atoms with Crippen LogP contribution in [0.1, 0.15) is 30.6 Å². The van der Waals surface area contributed by atoms with Gasteiger partial charge in [0, 0.05) is 16.2 Å². The van der Waals surface area contributed by atoms with Crippen molar-refractivity contribution in [2.24, 2.45) is 5.92 Å². The Bertz CT molecular complexity index is 338. The van der Waals surface area contributed by atoms with Gasteiger partial charge in [-0.05, 0) is 18.1 Å². The average Bonchev–Trinajstić information content (AvgIpc) is 2.26. The predicted octanol–water partition coefficient (Wildman–Crippen LogP) is 3.78. The smallest absolute Gasteiger partial charge is 0.150 e.